The van der Waals surface area contributed by atoms with Crippen molar-refractivity contribution in [3.05, 3.63) is 57.8 Å². The smallest absolute Gasteiger partial charge is 0.254 e. The number of fused-ring (bicyclic) bond motifs is 1. The van der Waals surface area contributed by atoms with Gasteiger partial charge in [-0.3, -0.25) is 9.59 Å². The monoisotopic (exact) mass is 426 g/mol. The Morgan fingerprint density at radius 1 is 1.20 bits per heavy atom. The minimum atomic E-state index is -0.398. The fourth-order valence-electron chi connectivity index (χ4n) is 4.82. The molecule has 1 saturated carbocycles. The molecule has 0 bridgehead atoms. The molecule has 2 atom stereocenters. The molecule has 2 unspecified atom stereocenters. The van der Waals surface area contributed by atoms with Crippen molar-refractivity contribution < 1.29 is 14.3 Å². The third kappa shape index (κ3) is 4.16. The van der Waals surface area contributed by atoms with Crippen molar-refractivity contribution in [2.24, 2.45) is 0 Å². The summed E-state index contributed by atoms with van der Waals surface area (Å²) in [7, 11) is 0. The van der Waals surface area contributed by atoms with E-state index in [2.05, 4.69) is 11.4 Å². The molecule has 160 valence electrons. The topological polar surface area (TPSA) is 58.6 Å². The molecule has 1 aromatic heterocycles. The molecule has 6 heteroatoms. The number of amides is 2. The van der Waals surface area contributed by atoms with Crippen molar-refractivity contribution in [1.82, 2.24) is 10.2 Å². The Morgan fingerprint density at radius 2 is 2.00 bits per heavy atom. The summed E-state index contributed by atoms with van der Waals surface area (Å²) < 4.78 is 5.39. The van der Waals surface area contributed by atoms with Crippen LogP contribution < -0.4 is 5.32 Å². The molecule has 1 N–H and O–H groups in total. The van der Waals surface area contributed by atoms with E-state index in [0.29, 0.717) is 25.3 Å². The van der Waals surface area contributed by atoms with Gasteiger partial charge in [-0.15, -0.1) is 11.3 Å². The summed E-state index contributed by atoms with van der Waals surface area (Å²) in [5.74, 6) is -0.339. The van der Waals surface area contributed by atoms with Crippen LogP contribution >= 0.6 is 11.3 Å². The van der Waals surface area contributed by atoms with E-state index in [9.17, 15) is 9.59 Å². The molecule has 1 aromatic carbocycles. The molecule has 1 fully saturated rings. The maximum Gasteiger partial charge on any atom is 0.254 e. The van der Waals surface area contributed by atoms with Crippen LogP contribution in [0.1, 0.15) is 71.8 Å². The molecule has 4 rings (SSSR count). The van der Waals surface area contributed by atoms with Gasteiger partial charge in [-0.1, -0.05) is 37.1 Å². The zero-order chi connectivity index (χ0) is 20.9. The molecule has 0 saturated heterocycles. The first-order valence-electron chi connectivity index (χ1n) is 11.0. The van der Waals surface area contributed by atoms with Gasteiger partial charge in [0, 0.05) is 36.2 Å². The molecule has 0 spiro atoms. The van der Waals surface area contributed by atoms with Crippen LogP contribution in [-0.2, 0) is 9.53 Å². The lowest BCUT2D eigenvalue weighted by Gasteiger charge is -2.44. The SMILES string of the molecule is CCOCCCNC(=O)C1c2ccccc2C(=O)N(C2CCCC2)C1c1cccs1. The quantitative estimate of drug-likeness (QED) is 0.632. The lowest BCUT2D eigenvalue weighted by atomic mass is 9.80. The number of hydrogen-bond acceptors (Lipinski definition) is 4. The fourth-order valence-corrected chi connectivity index (χ4v) is 5.68. The number of carbonyl (C=O) groups excluding carboxylic acids is 2. The van der Waals surface area contributed by atoms with Crippen molar-refractivity contribution in [1.29, 1.82) is 0 Å². The van der Waals surface area contributed by atoms with Gasteiger partial charge in [0.25, 0.3) is 5.91 Å². The largest absolute Gasteiger partial charge is 0.382 e. The first kappa shape index (κ1) is 21.1. The van der Waals surface area contributed by atoms with Gasteiger partial charge in [-0.25, -0.2) is 0 Å². The van der Waals surface area contributed by atoms with E-state index in [1.54, 1.807) is 11.3 Å². The molecule has 2 heterocycles. The molecule has 2 aliphatic rings. The van der Waals surface area contributed by atoms with Crippen LogP contribution in [0.5, 0.6) is 0 Å². The number of hydrogen-bond donors (Lipinski definition) is 1. The Hall–Kier alpha value is -2.18. The second-order valence-corrected chi connectivity index (χ2v) is 9.00. The van der Waals surface area contributed by atoms with Crippen molar-refractivity contribution in [3.63, 3.8) is 0 Å². The highest BCUT2D eigenvalue weighted by Crippen LogP contribution is 2.47. The van der Waals surface area contributed by atoms with Crippen LogP contribution in [0, 0.1) is 0 Å². The Bertz CT molecular complexity index is 861. The number of carbonyl (C=O) groups is 2. The number of benzene rings is 1. The summed E-state index contributed by atoms with van der Waals surface area (Å²) in [4.78, 5) is 30.2. The normalized spacial score (nSPS) is 21.6. The summed E-state index contributed by atoms with van der Waals surface area (Å²) in [6, 6.07) is 11.7. The van der Waals surface area contributed by atoms with Gasteiger partial charge < -0.3 is 15.0 Å². The van der Waals surface area contributed by atoms with Gasteiger partial charge in [-0.05, 0) is 49.3 Å². The summed E-state index contributed by atoms with van der Waals surface area (Å²) in [6.45, 7) is 3.87. The number of nitrogens with one attached hydrogen (secondary N) is 1. The molecule has 30 heavy (non-hydrogen) atoms. The van der Waals surface area contributed by atoms with Crippen molar-refractivity contribution in [3.8, 4) is 0 Å². The maximum atomic E-state index is 13.6. The predicted molar refractivity (Wildman–Crippen MR) is 119 cm³/mol. The average molecular weight is 427 g/mol. The molecule has 2 aromatic rings. The molecule has 2 amide bonds. The van der Waals surface area contributed by atoms with E-state index in [-0.39, 0.29) is 23.9 Å². The predicted octanol–water partition coefficient (Wildman–Crippen LogP) is 4.51. The van der Waals surface area contributed by atoms with Gasteiger partial charge in [-0.2, -0.15) is 0 Å². The zero-order valence-electron chi connectivity index (χ0n) is 17.5. The lowest BCUT2D eigenvalue weighted by molar-refractivity contribution is -0.124. The van der Waals surface area contributed by atoms with Crippen molar-refractivity contribution in [2.75, 3.05) is 19.8 Å². The third-order valence-corrected chi connectivity index (χ3v) is 7.12. The van der Waals surface area contributed by atoms with Gasteiger partial charge in [0.05, 0.1) is 12.0 Å². The molecular weight excluding hydrogens is 396 g/mol. The van der Waals surface area contributed by atoms with Gasteiger partial charge >= 0.3 is 0 Å². The van der Waals surface area contributed by atoms with Crippen LogP contribution in [0.2, 0.25) is 0 Å². The summed E-state index contributed by atoms with van der Waals surface area (Å²) in [6.07, 6.45) is 5.09. The molecule has 5 nitrogen and oxygen atoms in total. The Morgan fingerprint density at radius 3 is 2.73 bits per heavy atom. The van der Waals surface area contributed by atoms with Gasteiger partial charge in [0.2, 0.25) is 5.91 Å². The summed E-state index contributed by atoms with van der Waals surface area (Å²) in [5.41, 5.74) is 1.52. The van der Waals surface area contributed by atoms with Crippen LogP contribution in [-0.4, -0.2) is 42.5 Å². The van der Waals surface area contributed by atoms with E-state index < -0.39 is 5.92 Å². The van der Waals surface area contributed by atoms with E-state index >= 15 is 0 Å². The first-order valence-corrected chi connectivity index (χ1v) is 11.9. The highest BCUT2D eigenvalue weighted by molar-refractivity contribution is 7.10. The summed E-state index contributed by atoms with van der Waals surface area (Å²) in [5, 5.41) is 5.15. The van der Waals surface area contributed by atoms with Crippen LogP contribution in [0.3, 0.4) is 0 Å². The zero-order valence-corrected chi connectivity index (χ0v) is 18.3. The van der Waals surface area contributed by atoms with Crippen molar-refractivity contribution >= 4 is 23.2 Å². The first-order chi connectivity index (χ1) is 14.7. The van der Waals surface area contributed by atoms with E-state index in [1.165, 1.54) is 0 Å². The molecule has 1 aliphatic heterocycles. The fraction of sp³-hybridized carbons (Fsp3) is 0.500. The Balaban J connectivity index is 1.69. The third-order valence-electron chi connectivity index (χ3n) is 6.18. The standard InChI is InChI=1S/C24H30N2O3S/c1-2-29-15-8-14-25-23(27)21-18-11-5-6-12-19(18)24(28)26(17-9-3-4-10-17)22(21)20-13-7-16-30-20/h5-7,11-13,16-17,21-22H,2-4,8-10,14-15H2,1H3,(H,25,27). The molecular formula is C24H30N2O3S. The maximum absolute atomic E-state index is 13.6. The summed E-state index contributed by atoms with van der Waals surface area (Å²) >= 11 is 1.63. The number of ether oxygens (including phenoxy) is 1. The van der Waals surface area contributed by atoms with Crippen LogP contribution in [0.15, 0.2) is 41.8 Å². The minimum absolute atomic E-state index is 0.00662. The highest BCUT2D eigenvalue weighted by atomic mass is 32.1. The molecule has 1 aliphatic carbocycles. The molecule has 0 radical (unpaired) electrons. The average Bonchev–Trinajstić information content (AvgIpc) is 3.47. The number of nitrogens with zero attached hydrogens (tertiary/aromatic N) is 1. The van der Waals surface area contributed by atoms with Gasteiger partial charge in [0.1, 0.15) is 0 Å². The van der Waals surface area contributed by atoms with E-state index in [4.69, 9.17) is 4.74 Å². The van der Waals surface area contributed by atoms with Crippen LogP contribution in [0.25, 0.3) is 0 Å². The second kappa shape index (κ2) is 9.75. The van der Waals surface area contributed by atoms with E-state index in [1.807, 2.05) is 47.5 Å². The van der Waals surface area contributed by atoms with E-state index in [0.717, 1.165) is 42.5 Å². The second-order valence-electron chi connectivity index (χ2n) is 8.02. The highest BCUT2D eigenvalue weighted by Gasteiger charge is 2.47. The Labute approximate surface area is 182 Å². The van der Waals surface area contributed by atoms with Crippen LogP contribution in [0.4, 0.5) is 0 Å². The Kier molecular flexibility index (Phi) is 6.85. The number of rotatable bonds is 8. The van der Waals surface area contributed by atoms with Gasteiger partial charge in [0.15, 0.2) is 0 Å². The number of thiophene rings is 1. The minimum Gasteiger partial charge on any atom is -0.382 e. The lowest BCUT2D eigenvalue weighted by Crippen LogP contribution is -2.50. The van der Waals surface area contributed by atoms with Crippen molar-refractivity contribution in [2.45, 2.75) is 57.0 Å².